The first-order valence-electron chi connectivity index (χ1n) is 7.36. The molecule has 0 aliphatic heterocycles. The van der Waals surface area contributed by atoms with Crippen LogP contribution in [-0.4, -0.2) is 21.8 Å². The molecule has 0 aromatic heterocycles. The van der Waals surface area contributed by atoms with E-state index in [0.29, 0.717) is 0 Å². The van der Waals surface area contributed by atoms with Gasteiger partial charge in [-0.05, 0) is 25.0 Å². The minimum absolute atomic E-state index is 0.0811. The Hall–Kier alpha value is -1.35. The molecule has 15 heavy (non-hydrogen) atoms. The largest absolute Gasteiger partial charge is 0.481 e. The number of carboxylic acid groups (broad SMARTS) is 1. The van der Waals surface area contributed by atoms with E-state index in [-0.39, 0.29) is 12.0 Å². The van der Waals surface area contributed by atoms with E-state index < -0.39 is 47.7 Å². The molecule has 0 atom stereocenters. The van der Waals surface area contributed by atoms with Gasteiger partial charge in [-0.3, -0.25) is 4.79 Å². The van der Waals surface area contributed by atoms with Crippen LogP contribution in [0.2, 0.25) is 0 Å². The molecular formula is C12H16O3. The number of carboxylic acids is 1. The number of hydrogen-bond acceptors (Lipinski definition) is 2. The number of carbonyl (C=O) groups is 1. The van der Waals surface area contributed by atoms with Gasteiger partial charge in [-0.2, -0.15) is 0 Å². The third-order valence-electron chi connectivity index (χ3n) is 1.52. The zero-order chi connectivity index (χ0) is 16.7. The summed E-state index contributed by atoms with van der Waals surface area (Å²) in [5.74, 6) is -1.89. The van der Waals surface area contributed by atoms with Crippen molar-refractivity contribution in [1.29, 1.82) is 0 Å². The van der Waals surface area contributed by atoms with Crippen LogP contribution in [-0.2, 0) is 17.6 Å². The van der Waals surface area contributed by atoms with E-state index in [1.165, 1.54) is 13.8 Å². The zero-order valence-electron chi connectivity index (χ0n) is 14.5. The van der Waals surface area contributed by atoms with Crippen molar-refractivity contribution in [2.45, 2.75) is 32.2 Å². The maximum Gasteiger partial charge on any atom is 0.307 e. The molecule has 2 N–H and O–H groups in total. The molecule has 0 aliphatic rings. The van der Waals surface area contributed by atoms with Gasteiger partial charge in [-0.1, -0.05) is 24.2 Å². The van der Waals surface area contributed by atoms with E-state index in [1.807, 2.05) is 0 Å². The minimum atomic E-state index is -3.03. The first kappa shape index (κ1) is 5.66. The number of aliphatic hydroxyl groups is 1. The summed E-state index contributed by atoms with van der Waals surface area (Å²) >= 11 is 0. The second-order valence-electron chi connectivity index (χ2n) is 3.77. The molecule has 1 rings (SSSR count). The van der Waals surface area contributed by atoms with Crippen LogP contribution in [0.5, 0.6) is 0 Å². The third-order valence-corrected chi connectivity index (χ3v) is 1.52. The molecule has 0 fully saturated rings. The van der Waals surface area contributed by atoms with Crippen LogP contribution >= 0.6 is 0 Å². The third kappa shape index (κ3) is 4.61. The van der Waals surface area contributed by atoms with Crippen LogP contribution in [0.4, 0.5) is 0 Å². The van der Waals surface area contributed by atoms with Crippen molar-refractivity contribution in [3.63, 3.8) is 0 Å². The monoisotopic (exact) mass is 214 g/mol. The molecule has 0 saturated heterocycles. The van der Waals surface area contributed by atoms with Gasteiger partial charge in [-0.25, -0.2) is 0 Å². The van der Waals surface area contributed by atoms with Gasteiger partial charge < -0.3 is 10.2 Å². The number of hydrogen-bond donors (Lipinski definition) is 2. The minimum Gasteiger partial charge on any atom is -0.481 e. The van der Waals surface area contributed by atoms with Crippen molar-refractivity contribution in [2.75, 3.05) is 0 Å². The maximum absolute atomic E-state index is 11.0. The summed E-state index contributed by atoms with van der Waals surface area (Å²) in [4.78, 5) is 11.0. The normalized spacial score (nSPS) is 18.1. The van der Waals surface area contributed by atoms with Crippen molar-refractivity contribution in [1.82, 2.24) is 0 Å². The Morgan fingerprint density at radius 1 is 1.40 bits per heavy atom. The number of aliphatic carboxylic acids is 1. The standard InChI is InChI=1S/C12H16O3/c1-12(2,15)8-10-5-3-9(4-6-10)7-11(13)14/h3-6,15H,7-8H2,1-2H3,(H,13,14)/i3D,4D,5D,6D,7D2. The molecular weight excluding hydrogens is 192 g/mol. The molecule has 0 aliphatic carbocycles. The second-order valence-corrected chi connectivity index (χ2v) is 3.77. The molecule has 82 valence electrons. The SMILES string of the molecule is [2H]c1c([2H])c(C([2H])([2H])C(=O)O)c([2H])c([2H])c1CC(C)(C)O. The molecule has 0 heterocycles. The van der Waals surface area contributed by atoms with Crippen molar-refractivity contribution in [2.24, 2.45) is 0 Å². The quantitative estimate of drug-likeness (QED) is 0.801. The van der Waals surface area contributed by atoms with Crippen molar-refractivity contribution >= 4 is 5.97 Å². The van der Waals surface area contributed by atoms with E-state index >= 15 is 0 Å². The lowest BCUT2D eigenvalue weighted by Gasteiger charge is -2.16. The molecule has 0 saturated carbocycles. The van der Waals surface area contributed by atoms with Gasteiger partial charge in [0.1, 0.15) is 0 Å². The smallest absolute Gasteiger partial charge is 0.307 e. The lowest BCUT2D eigenvalue weighted by Crippen LogP contribution is -2.21. The second kappa shape index (κ2) is 4.45. The molecule has 0 bridgehead atoms. The summed E-state index contributed by atoms with van der Waals surface area (Å²) in [5.41, 5.74) is -2.18. The molecule has 3 heteroatoms. The molecule has 0 radical (unpaired) electrons. The highest BCUT2D eigenvalue weighted by molar-refractivity contribution is 5.70. The summed E-state index contributed by atoms with van der Waals surface area (Å²) in [7, 11) is 0. The predicted octanol–water partition coefficient (Wildman–Crippen LogP) is 1.63. The molecule has 1 aromatic carbocycles. The van der Waals surface area contributed by atoms with Gasteiger partial charge >= 0.3 is 5.97 Å². The summed E-state index contributed by atoms with van der Waals surface area (Å²) in [6.45, 7) is 2.87. The Morgan fingerprint density at radius 2 is 1.87 bits per heavy atom. The van der Waals surface area contributed by atoms with Crippen molar-refractivity contribution in [3.8, 4) is 0 Å². The van der Waals surface area contributed by atoms with Crippen LogP contribution in [0, 0.1) is 0 Å². The molecule has 3 nitrogen and oxygen atoms in total. The Balaban J connectivity index is 3.66. The fourth-order valence-electron chi connectivity index (χ4n) is 1.03. The summed E-state index contributed by atoms with van der Waals surface area (Å²) in [6, 6.07) is -2.58. The Kier molecular flexibility index (Phi) is 1.68. The van der Waals surface area contributed by atoms with Crippen molar-refractivity contribution in [3.05, 3.63) is 35.3 Å². The highest BCUT2D eigenvalue weighted by Gasteiger charge is 2.13. The molecule has 0 amide bonds. The van der Waals surface area contributed by atoms with Gasteiger partial charge in [0, 0.05) is 9.16 Å². The van der Waals surface area contributed by atoms with Gasteiger partial charge in [0.2, 0.25) is 0 Å². The van der Waals surface area contributed by atoms with E-state index in [4.69, 9.17) is 13.3 Å². The Bertz CT molecular complexity index is 563. The summed E-state index contributed by atoms with van der Waals surface area (Å²) in [6.07, 6.45) is -3.20. The average Bonchev–Trinajstić information content (AvgIpc) is 2.30. The lowest BCUT2D eigenvalue weighted by atomic mass is 9.97. The lowest BCUT2D eigenvalue weighted by molar-refractivity contribution is -0.136. The fourth-order valence-corrected chi connectivity index (χ4v) is 1.03. The van der Waals surface area contributed by atoms with Crippen LogP contribution in [0.15, 0.2) is 24.2 Å². The average molecular weight is 214 g/mol. The van der Waals surface area contributed by atoms with Gasteiger partial charge in [-0.15, -0.1) is 0 Å². The number of rotatable bonds is 4. The highest BCUT2D eigenvalue weighted by atomic mass is 16.4. The summed E-state index contributed by atoms with van der Waals surface area (Å²) < 4.78 is 46.1. The molecule has 0 spiro atoms. The molecule has 1 aromatic rings. The van der Waals surface area contributed by atoms with Crippen LogP contribution in [0.25, 0.3) is 0 Å². The number of benzene rings is 1. The zero-order valence-corrected chi connectivity index (χ0v) is 8.51. The Labute approximate surface area is 97.8 Å². The van der Waals surface area contributed by atoms with Gasteiger partial charge in [0.25, 0.3) is 0 Å². The van der Waals surface area contributed by atoms with Gasteiger partial charge in [0.15, 0.2) is 0 Å². The van der Waals surface area contributed by atoms with E-state index in [9.17, 15) is 9.90 Å². The van der Waals surface area contributed by atoms with E-state index in [0.717, 1.165) is 0 Å². The van der Waals surface area contributed by atoms with Gasteiger partial charge in [0.05, 0.1) is 17.5 Å². The topological polar surface area (TPSA) is 57.5 Å². The highest BCUT2D eigenvalue weighted by Crippen LogP contribution is 2.13. The van der Waals surface area contributed by atoms with Crippen LogP contribution in [0.1, 0.15) is 33.2 Å². The van der Waals surface area contributed by atoms with E-state index in [1.54, 1.807) is 0 Å². The first-order valence-corrected chi connectivity index (χ1v) is 4.36. The van der Waals surface area contributed by atoms with Crippen molar-refractivity contribution < 1.29 is 23.2 Å². The maximum atomic E-state index is 11.0. The summed E-state index contributed by atoms with van der Waals surface area (Å²) in [5, 5.41) is 18.6. The first-order chi connectivity index (χ1) is 9.30. The van der Waals surface area contributed by atoms with Crippen LogP contribution in [0.3, 0.4) is 0 Å². The predicted molar refractivity (Wildman–Crippen MR) is 57.8 cm³/mol. The molecule has 0 unspecified atom stereocenters. The fraction of sp³-hybridized carbons (Fsp3) is 0.417. The van der Waals surface area contributed by atoms with Crippen LogP contribution < -0.4 is 0 Å². The Morgan fingerprint density at radius 3 is 2.27 bits per heavy atom. The van der Waals surface area contributed by atoms with E-state index in [2.05, 4.69) is 0 Å².